The maximum Gasteiger partial charge on any atom is 0.253 e. The van der Waals surface area contributed by atoms with E-state index in [1.807, 2.05) is 4.90 Å². The van der Waals surface area contributed by atoms with E-state index in [1.54, 1.807) is 24.3 Å². The number of nitrogens with zero attached hydrogens (tertiary/aromatic N) is 1. The average molecular weight is 317 g/mol. The van der Waals surface area contributed by atoms with Crippen molar-refractivity contribution >= 4 is 17.5 Å². The molecule has 0 atom stereocenters. The Morgan fingerprint density at radius 1 is 1.17 bits per heavy atom. The van der Waals surface area contributed by atoms with Crippen LogP contribution in [-0.4, -0.2) is 42.9 Å². The second kappa shape index (κ2) is 8.67. The van der Waals surface area contributed by atoms with Crippen LogP contribution in [0.4, 0.5) is 5.69 Å². The summed E-state index contributed by atoms with van der Waals surface area (Å²) in [6.07, 6.45) is 3.15. The van der Waals surface area contributed by atoms with Crippen LogP contribution in [0.3, 0.4) is 0 Å². The Hall–Kier alpha value is -1.88. The molecule has 1 aromatic rings. The van der Waals surface area contributed by atoms with E-state index in [4.69, 9.17) is 0 Å². The van der Waals surface area contributed by atoms with E-state index in [1.165, 1.54) is 0 Å². The largest absolute Gasteiger partial charge is 0.339 e. The highest BCUT2D eigenvalue weighted by Crippen LogP contribution is 2.19. The van der Waals surface area contributed by atoms with Crippen LogP contribution >= 0.6 is 0 Å². The molecule has 0 spiro atoms. The van der Waals surface area contributed by atoms with E-state index in [-0.39, 0.29) is 11.8 Å². The number of carbonyl (C=O) groups is 2. The first-order valence-corrected chi connectivity index (χ1v) is 8.50. The number of anilines is 1. The first kappa shape index (κ1) is 17.5. The summed E-state index contributed by atoms with van der Waals surface area (Å²) in [4.78, 5) is 26.1. The molecule has 0 aromatic heterocycles. The topological polar surface area (TPSA) is 61.4 Å². The number of piperidine rings is 1. The van der Waals surface area contributed by atoms with Crippen molar-refractivity contribution in [1.82, 2.24) is 10.2 Å². The van der Waals surface area contributed by atoms with E-state index in [2.05, 4.69) is 24.5 Å². The summed E-state index contributed by atoms with van der Waals surface area (Å²) in [5, 5.41) is 5.88. The van der Waals surface area contributed by atoms with Gasteiger partial charge in [-0.3, -0.25) is 9.59 Å². The number of hydrogen-bond donors (Lipinski definition) is 2. The summed E-state index contributed by atoms with van der Waals surface area (Å²) in [6.45, 7) is 7.09. The molecule has 0 saturated carbocycles. The van der Waals surface area contributed by atoms with Crippen molar-refractivity contribution < 1.29 is 9.59 Å². The third-order valence-electron chi connectivity index (χ3n) is 4.20. The minimum atomic E-state index is -0.0671. The van der Waals surface area contributed by atoms with E-state index in [0.717, 1.165) is 44.6 Å². The first-order valence-electron chi connectivity index (χ1n) is 8.50. The third kappa shape index (κ3) is 5.36. The molecule has 2 rings (SSSR count). The number of likely N-dealkylation sites (tertiary alicyclic amines) is 1. The van der Waals surface area contributed by atoms with Crippen LogP contribution in [0.5, 0.6) is 0 Å². The van der Waals surface area contributed by atoms with Gasteiger partial charge in [-0.15, -0.1) is 0 Å². The SMILES string of the molecule is CCCNCC(=O)Nc1ccc(C(=O)N2CCC(C)CC2)cc1. The minimum Gasteiger partial charge on any atom is -0.339 e. The van der Waals surface area contributed by atoms with E-state index in [9.17, 15) is 9.59 Å². The third-order valence-corrected chi connectivity index (χ3v) is 4.20. The van der Waals surface area contributed by atoms with Crippen LogP contribution in [0.25, 0.3) is 0 Å². The Morgan fingerprint density at radius 2 is 1.83 bits per heavy atom. The molecule has 0 unspecified atom stereocenters. The summed E-state index contributed by atoms with van der Waals surface area (Å²) < 4.78 is 0. The van der Waals surface area contributed by atoms with Gasteiger partial charge in [-0.1, -0.05) is 13.8 Å². The van der Waals surface area contributed by atoms with Crippen molar-refractivity contribution in [2.75, 3.05) is 31.5 Å². The van der Waals surface area contributed by atoms with Gasteiger partial charge in [0, 0.05) is 24.3 Å². The predicted molar refractivity (Wildman–Crippen MR) is 92.5 cm³/mol. The highest BCUT2D eigenvalue weighted by Gasteiger charge is 2.21. The van der Waals surface area contributed by atoms with Crippen LogP contribution in [0.15, 0.2) is 24.3 Å². The molecule has 1 aromatic carbocycles. The molecule has 23 heavy (non-hydrogen) atoms. The summed E-state index contributed by atoms with van der Waals surface area (Å²) in [5.41, 5.74) is 1.40. The number of carbonyl (C=O) groups excluding carboxylic acids is 2. The molecule has 0 bridgehead atoms. The Labute approximate surface area is 138 Å². The molecule has 1 heterocycles. The molecule has 1 saturated heterocycles. The first-order chi connectivity index (χ1) is 11.1. The molecule has 126 valence electrons. The minimum absolute atomic E-state index is 0.0671. The fourth-order valence-corrected chi connectivity index (χ4v) is 2.67. The summed E-state index contributed by atoms with van der Waals surface area (Å²) >= 11 is 0. The Kier molecular flexibility index (Phi) is 6.59. The highest BCUT2D eigenvalue weighted by molar-refractivity contribution is 5.96. The molecule has 1 fully saturated rings. The fourth-order valence-electron chi connectivity index (χ4n) is 2.67. The number of hydrogen-bond acceptors (Lipinski definition) is 3. The molecular weight excluding hydrogens is 290 g/mol. The zero-order valence-electron chi connectivity index (χ0n) is 14.1. The number of nitrogens with one attached hydrogen (secondary N) is 2. The van der Waals surface area contributed by atoms with Gasteiger partial charge in [0.1, 0.15) is 0 Å². The Bertz CT molecular complexity index is 520. The molecule has 2 N–H and O–H groups in total. The monoisotopic (exact) mass is 317 g/mol. The van der Waals surface area contributed by atoms with Crippen LogP contribution in [0.2, 0.25) is 0 Å². The smallest absolute Gasteiger partial charge is 0.253 e. The van der Waals surface area contributed by atoms with Crippen LogP contribution in [-0.2, 0) is 4.79 Å². The zero-order valence-corrected chi connectivity index (χ0v) is 14.1. The second-order valence-corrected chi connectivity index (χ2v) is 6.28. The van der Waals surface area contributed by atoms with Crippen molar-refractivity contribution in [2.24, 2.45) is 5.92 Å². The second-order valence-electron chi connectivity index (χ2n) is 6.28. The van der Waals surface area contributed by atoms with Gasteiger partial charge < -0.3 is 15.5 Å². The van der Waals surface area contributed by atoms with Gasteiger partial charge in [-0.05, 0) is 56.0 Å². The van der Waals surface area contributed by atoms with Gasteiger partial charge in [0.05, 0.1) is 6.54 Å². The van der Waals surface area contributed by atoms with E-state index < -0.39 is 0 Å². The highest BCUT2D eigenvalue weighted by atomic mass is 16.2. The van der Waals surface area contributed by atoms with Crippen molar-refractivity contribution in [3.05, 3.63) is 29.8 Å². The molecule has 0 radical (unpaired) electrons. The quantitative estimate of drug-likeness (QED) is 0.793. The summed E-state index contributed by atoms with van der Waals surface area (Å²) in [6, 6.07) is 7.15. The number of amides is 2. The lowest BCUT2D eigenvalue weighted by atomic mass is 9.98. The van der Waals surface area contributed by atoms with Crippen molar-refractivity contribution in [1.29, 1.82) is 0 Å². The number of benzene rings is 1. The van der Waals surface area contributed by atoms with E-state index in [0.29, 0.717) is 18.0 Å². The lowest BCUT2D eigenvalue weighted by Crippen LogP contribution is -2.37. The lowest BCUT2D eigenvalue weighted by Gasteiger charge is -2.30. The van der Waals surface area contributed by atoms with Gasteiger partial charge in [0.15, 0.2) is 0 Å². The van der Waals surface area contributed by atoms with Gasteiger partial charge in [-0.2, -0.15) is 0 Å². The van der Waals surface area contributed by atoms with Crippen molar-refractivity contribution in [3.8, 4) is 0 Å². The van der Waals surface area contributed by atoms with Gasteiger partial charge in [0.25, 0.3) is 5.91 Å². The lowest BCUT2D eigenvalue weighted by molar-refractivity contribution is -0.115. The zero-order chi connectivity index (χ0) is 16.7. The molecular formula is C18H27N3O2. The van der Waals surface area contributed by atoms with Crippen molar-refractivity contribution in [3.63, 3.8) is 0 Å². The fraction of sp³-hybridized carbons (Fsp3) is 0.556. The molecule has 0 aliphatic carbocycles. The van der Waals surface area contributed by atoms with Crippen molar-refractivity contribution in [2.45, 2.75) is 33.1 Å². The molecule has 1 aliphatic heterocycles. The number of rotatable bonds is 6. The summed E-state index contributed by atoms with van der Waals surface area (Å²) in [5.74, 6) is 0.722. The molecule has 2 amide bonds. The van der Waals surface area contributed by atoms with E-state index >= 15 is 0 Å². The van der Waals surface area contributed by atoms with Gasteiger partial charge >= 0.3 is 0 Å². The molecule has 1 aliphatic rings. The standard InChI is InChI=1S/C18H27N3O2/c1-3-10-19-13-17(22)20-16-6-4-15(5-7-16)18(23)21-11-8-14(2)9-12-21/h4-7,14,19H,3,8-13H2,1-2H3,(H,20,22). The molecule has 5 nitrogen and oxygen atoms in total. The van der Waals surface area contributed by atoms with Gasteiger partial charge in [0.2, 0.25) is 5.91 Å². The average Bonchev–Trinajstić information content (AvgIpc) is 2.56. The Morgan fingerprint density at radius 3 is 2.43 bits per heavy atom. The normalized spacial score (nSPS) is 15.5. The van der Waals surface area contributed by atoms with Crippen LogP contribution in [0, 0.1) is 5.92 Å². The van der Waals surface area contributed by atoms with Crippen LogP contribution < -0.4 is 10.6 Å². The summed E-state index contributed by atoms with van der Waals surface area (Å²) in [7, 11) is 0. The van der Waals surface area contributed by atoms with Gasteiger partial charge in [-0.25, -0.2) is 0 Å². The Balaban J connectivity index is 1.86. The van der Waals surface area contributed by atoms with Crippen LogP contribution in [0.1, 0.15) is 43.5 Å². The predicted octanol–water partition coefficient (Wildman–Crippen LogP) is 2.50. The maximum absolute atomic E-state index is 12.4. The molecule has 5 heteroatoms. The maximum atomic E-state index is 12.4.